The van der Waals surface area contributed by atoms with Crippen molar-refractivity contribution < 1.29 is 14.0 Å². The molecule has 2 heterocycles. The van der Waals surface area contributed by atoms with E-state index in [4.69, 9.17) is 39.8 Å². The average Bonchev–Trinajstić information content (AvgIpc) is 3.29. The number of hydrogen-bond acceptors (Lipinski definition) is 6. The van der Waals surface area contributed by atoms with Gasteiger partial charge in [-0.1, -0.05) is 46.7 Å². The van der Waals surface area contributed by atoms with Gasteiger partial charge in [0.1, 0.15) is 5.76 Å². The van der Waals surface area contributed by atoms with Crippen LogP contribution in [0.15, 0.2) is 80.0 Å². The van der Waals surface area contributed by atoms with Crippen molar-refractivity contribution in [3.8, 4) is 0 Å². The molecule has 156 valence electrons. The van der Waals surface area contributed by atoms with Crippen LogP contribution in [0.1, 0.15) is 16.1 Å². The third kappa shape index (κ3) is 5.34. The van der Waals surface area contributed by atoms with E-state index >= 15 is 0 Å². The predicted octanol–water partition coefficient (Wildman–Crippen LogP) is 6.28. The van der Waals surface area contributed by atoms with Crippen LogP contribution in [0, 0.1) is 0 Å². The Bertz CT molecular complexity index is 1190. The van der Waals surface area contributed by atoms with Crippen LogP contribution in [-0.4, -0.2) is 21.1 Å². The summed E-state index contributed by atoms with van der Waals surface area (Å²) in [4.78, 5) is 26.4. The summed E-state index contributed by atoms with van der Waals surface area (Å²) in [5, 5.41) is 2.89. The van der Waals surface area contributed by atoms with Crippen molar-refractivity contribution in [2.75, 3.05) is 0 Å². The van der Waals surface area contributed by atoms with E-state index in [9.17, 15) is 9.59 Å². The smallest absolute Gasteiger partial charge is 0.285 e. The van der Waals surface area contributed by atoms with Gasteiger partial charge in [0, 0.05) is 26.6 Å². The molecule has 0 atom stereocenters. The van der Waals surface area contributed by atoms with E-state index in [0.29, 0.717) is 31.4 Å². The molecule has 0 unspecified atom stereocenters. The van der Waals surface area contributed by atoms with Crippen LogP contribution < -0.4 is 5.43 Å². The van der Waals surface area contributed by atoms with Gasteiger partial charge >= 0.3 is 0 Å². The van der Waals surface area contributed by atoms with Crippen LogP contribution in [0.5, 0.6) is 0 Å². The number of benzene rings is 2. The first-order valence-electron chi connectivity index (χ1n) is 8.77. The van der Waals surface area contributed by atoms with Crippen LogP contribution >= 0.6 is 58.9 Å². The zero-order valence-electron chi connectivity index (χ0n) is 15.5. The highest BCUT2D eigenvalue weighted by molar-refractivity contribution is 8.26. The van der Waals surface area contributed by atoms with Crippen molar-refractivity contribution in [2.24, 2.45) is 0 Å². The minimum absolute atomic E-state index is 0.223. The lowest BCUT2D eigenvalue weighted by molar-refractivity contribution is -0.123. The molecule has 2 amide bonds. The first-order chi connectivity index (χ1) is 14.9. The fourth-order valence-electron chi connectivity index (χ4n) is 2.55. The molecule has 10 heteroatoms. The number of rotatable bonds is 5. The van der Waals surface area contributed by atoms with Crippen LogP contribution in [0.25, 0.3) is 6.08 Å². The maximum absolute atomic E-state index is 12.7. The maximum Gasteiger partial charge on any atom is 0.285 e. The van der Waals surface area contributed by atoms with E-state index in [0.717, 1.165) is 21.7 Å². The molecule has 1 aromatic heterocycles. The summed E-state index contributed by atoms with van der Waals surface area (Å²) in [5.74, 6) is -0.393. The number of hydrazine groups is 1. The van der Waals surface area contributed by atoms with E-state index in [1.54, 1.807) is 48.5 Å². The minimum Gasteiger partial charge on any atom is -0.450 e. The highest BCUT2D eigenvalue weighted by atomic mass is 35.5. The number of halogens is 2. The summed E-state index contributed by atoms with van der Waals surface area (Å²) in [6.07, 6.45) is 1.60. The van der Waals surface area contributed by atoms with Gasteiger partial charge < -0.3 is 4.42 Å². The molecular weight excluding hydrogens is 495 g/mol. The van der Waals surface area contributed by atoms with Crippen molar-refractivity contribution in [1.82, 2.24) is 10.4 Å². The van der Waals surface area contributed by atoms with Gasteiger partial charge in [-0.3, -0.25) is 15.0 Å². The van der Waals surface area contributed by atoms with E-state index < -0.39 is 11.8 Å². The SMILES string of the molecule is O=C(NN1C(=O)/C(=C/c2ccc(Sc3ccc(Cl)cc3)o2)SC1=S)c1ccc(Cl)cc1. The van der Waals surface area contributed by atoms with Crippen LogP contribution in [-0.2, 0) is 4.79 Å². The molecule has 0 bridgehead atoms. The highest BCUT2D eigenvalue weighted by Gasteiger charge is 2.34. The third-order valence-electron chi connectivity index (χ3n) is 4.02. The molecule has 0 saturated carbocycles. The summed E-state index contributed by atoms with van der Waals surface area (Å²) < 4.78 is 6.01. The Balaban J connectivity index is 1.44. The first-order valence-corrected chi connectivity index (χ1v) is 11.6. The van der Waals surface area contributed by atoms with Gasteiger partial charge in [0.15, 0.2) is 9.41 Å². The van der Waals surface area contributed by atoms with Gasteiger partial charge in [0.2, 0.25) is 0 Å². The molecule has 2 aromatic carbocycles. The van der Waals surface area contributed by atoms with Crippen molar-refractivity contribution in [3.63, 3.8) is 0 Å². The number of carbonyl (C=O) groups is 2. The number of thioether (sulfide) groups is 1. The number of nitrogens with zero attached hydrogens (tertiary/aromatic N) is 1. The van der Waals surface area contributed by atoms with E-state index in [-0.39, 0.29) is 4.32 Å². The Morgan fingerprint density at radius 3 is 2.35 bits per heavy atom. The number of thiocarbonyl (C=S) groups is 1. The standard InChI is InChI=1S/C21H12Cl2N2O3S3/c22-13-3-1-12(2-4-13)19(26)24-25-20(27)17(31-21(25)29)11-15-7-10-18(28-15)30-16-8-5-14(23)6-9-16/h1-11H,(H,24,26)/b17-11-. The molecule has 4 rings (SSSR count). The van der Waals surface area contributed by atoms with Crippen LogP contribution in [0.4, 0.5) is 0 Å². The quantitative estimate of drug-likeness (QED) is 0.324. The second-order valence-electron chi connectivity index (χ2n) is 6.18. The van der Waals surface area contributed by atoms with Gasteiger partial charge in [-0.15, -0.1) is 0 Å². The Labute approximate surface area is 201 Å². The third-order valence-corrected chi connectivity index (χ3v) is 6.76. The Morgan fingerprint density at radius 1 is 1.03 bits per heavy atom. The zero-order chi connectivity index (χ0) is 22.0. The van der Waals surface area contributed by atoms with E-state index in [1.807, 2.05) is 18.2 Å². The number of nitrogens with one attached hydrogen (secondary N) is 1. The molecular formula is C21H12Cl2N2O3S3. The minimum atomic E-state index is -0.464. The molecule has 3 aromatic rings. The van der Waals surface area contributed by atoms with Gasteiger partial charge in [-0.05, 0) is 72.9 Å². The fraction of sp³-hybridized carbons (Fsp3) is 0. The highest BCUT2D eigenvalue weighted by Crippen LogP contribution is 2.34. The molecule has 0 spiro atoms. The summed E-state index contributed by atoms with van der Waals surface area (Å²) >= 11 is 19.5. The summed E-state index contributed by atoms with van der Waals surface area (Å²) in [6.45, 7) is 0. The monoisotopic (exact) mass is 506 g/mol. The molecule has 1 aliphatic rings. The number of carbonyl (C=O) groups excluding carboxylic acids is 2. The summed E-state index contributed by atoms with van der Waals surface area (Å²) in [7, 11) is 0. The molecule has 5 nitrogen and oxygen atoms in total. The second kappa shape index (κ2) is 9.50. The lowest BCUT2D eigenvalue weighted by Crippen LogP contribution is -2.44. The molecule has 0 radical (unpaired) electrons. The molecule has 1 saturated heterocycles. The molecule has 1 N–H and O–H groups in total. The lowest BCUT2D eigenvalue weighted by atomic mass is 10.2. The molecule has 0 aliphatic carbocycles. The van der Waals surface area contributed by atoms with Crippen molar-refractivity contribution >= 4 is 81.2 Å². The van der Waals surface area contributed by atoms with Crippen LogP contribution in [0.3, 0.4) is 0 Å². The molecule has 31 heavy (non-hydrogen) atoms. The largest absolute Gasteiger partial charge is 0.450 e. The normalized spacial score (nSPS) is 15.0. The number of amides is 2. The average molecular weight is 507 g/mol. The fourth-order valence-corrected chi connectivity index (χ4v) is 4.74. The Morgan fingerprint density at radius 2 is 1.68 bits per heavy atom. The van der Waals surface area contributed by atoms with Crippen molar-refractivity contribution in [1.29, 1.82) is 0 Å². The van der Waals surface area contributed by atoms with Crippen molar-refractivity contribution in [3.05, 3.63) is 86.9 Å². The Kier molecular flexibility index (Phi) is 6.74. The zero-order valence-corrected chi connectivity index (χ0v) is 19.5. The van der Waals surface area contributed by atoms with Gasteiger partial charge in [0.25, 0.3) is 11.8 Å². The first kappa shape index (κ1) is 22.0. The second-order valence-corrected chi connectivity index (χ2v) is 9.80. The summed E-state index contributed by atoms with van der Waals surface area (Å²) in [6, 6.07) is 17.3. The predicted molar refractivity (Wildman–Crippen MR) is 128 cm³/mol. The Hall–Kier alpha value is -2.23. The van der Waals surface area contributed by atoms with E-state index in [2.05, 4.69) is 5.43 Å². The van der Waals surface area contributed by atoms with Gasteiger partial charge in [-0.2, -0.15) is 5.01 Å². The van der Waals surface area contributed by atoms with Gasteiger partial charge in [-0.25, -0.2) is 0 Å². The van der Waals surface area contributed by atoms with Crippen molar-refractivity contribution in [2.45, 2.75) is 9.99 Å². The maximum atomic E-state index is 12.7. The number of hydrogen-bond donors (Lipinski definition) is 1. The van der Waals surface area contributed by atoms with E-state index in [1.165, 1.54) is 11.8 Å². The molecule has 1 fully saturated rings. The summed E-state index contributed by atoms with van der Waals surface area (Å²) in [5.41, 5.74) is 2.88. The molecule has 1 aliphatic heterocycles. The lowest BCUT2D eigenvalue weighted by Gasteiger charge is -2.15. The topological polar surface area (TPSA) is 62.6 Å². The van der Waals surface area contributed by atoms with Crippen LogP contribution in [0.2, 0.25) is 10.0 Å². The van der Waals surface area contributed by atoms with Gasteiger partial charge in [0.05, 0.1) is 4.91 Å². The number of furan rings is 1.